The molecule has 0 aliphatic carbocycles. The molecule has 8 heteroatoms. The van der Waals surface area contributed by atoms with Crippen molar-refractivity contribution < 1.29 is 14.5 Å². The van der Waals surface area contributed by atoms with E-state index in [0.29, 0.717) is 11.7 Å². The van der Waals surface area contributed by atoms with Crippen LogP contribution >= 0.6 is 11.8 Å². The summed E-state index contributed by atoms with van der Waals surface area (Å²) in [5, 5.41) is 11.7. The van der Waals surface area contributed by atoms with Crippen molar-refractivity contribution in [2.24, 2.45) is 4.99 Å². The van der Waals surface area contributed by atoms with Gasteiger partial charge in [0.15, 0.2) is 17.5 Å². The molecule has 0 radical (unpaired) electrons. The summed E-state index contributed by atoms with van der Waals surface area (Å²) < 4.78 is 5.44. The first-order valence-corrected chi connectivity index (χ1v) is 9.48. The summed E-state index contributed by atoms with van der Waals surface area (Å²) in [4.78, 5) is 29.4. The van der Waals surface area contributed by atoms with Crippen molar-refractivity contribution in [3.05, 3.63) is 64.2 Å². The molecule has 3 rings (SSSR count). The second-order valence-corrected chi connectivity index (χ2v) is 7.00. The highest BCUT2D eigenvalue weighted by molar-refractivity contribution is 8.13. The van der Waals surface area contributed by atoms with E-state index in [1.807, 2.05) is 31.2 Å². The van der Waals surface area contributed by atoms with Gasteiger partial charge < -0.3 is 4.74 Å². The molecule has 2 aromatic carbocycles. The Bertz CT molecular complexity index is 885. The first-order chi connectivity index (χ1) is 13.1. The summed E-state index contributed by atoms with van der Waals surface area (Å²) in [6.45, 7) is 2.24. The minimum Gasteiger partial charge on any atom is -0.477 e. The third-order valence-corrected chi connectivity index (χ3v) is 5.10. The lowest BCUT2D eigenvalue weighted by Crippen LogP contribution is -2.41. The average Bonchev–Trinajstić information content (AvgIpc) is 2.68. The lowest BCUT2D eigenvalue weighted by Gasteiger charge is -2.27. The summed E-state index contributed by atoms with van der Waals surface area (Å²) in [5.74, 6) is 0.699. The molecule has 1 aliphatic heterocycles. The number of nitrogens with zero attached hydrogens (tertiary/aromatic N) is 3. The summed E-state index contributed by atoms with van der Waals surface area (Å²) in [5.41, 5.74) is 1.69. The molecule has 0 N–H and O–H groups in total. The molecule has 1 saturated heterocycles. The van der Waals surface area contributed by atoms with E-state index in [1.54, 1.807) is 17.0 Å². The zero-order valence-corrected chi connectivity index (χ0v) is 15.6. The molecule has 27 heavy (non-hydrogen) atoms. The molecule has 0 bridgehead atoms. The van der Waals surface area contributed by atoms with Gasteiger partial charge in [-0.05, 0) is 31.0 Å². The van der Waals surface area contributed by atoms with Crippen LogP contribution in [0.15, 0.2) is 53.5 Å². The molecule has 0 spiro atoms. The number of hydrogen-bond acceptors (Lipinski definition) is 6. The van der Waals surface area contributed by atoms with E-state index in [9.17, 15) is 14.9 Å². The Kier molecular flexibility index (Phi) is 6.08. The number of nitro benzene ring substituents is 1. The van der Waals surface area contributed by atoms with Gasteiger partial charge in [0.1, 0.15) is 0 Å². The Labute approximate surface area is 161 Å². The number of carbonyl (C=O) groups is 1. The number of ether oxygens (including phenoxy) is 1. The monoisotopic (exact) mass is 385 g/mol. The topological polar surface area (TPSA) is 85.0 Å². The Morgan fingerprint density at radius 1 is 1.26 bits per heavy atom. The van der Waals surface area contributed by atoms with Crippen LogP contribution in [0.5, 0.6) is 5.75 Å². The maximum atomic E-state index is 12.7. The Morgan fingerprint density at radius 2 is 2.00 bits per heavy atom. The van der Waals surface area contributed by atoms with Crippen LogP contribution in [-0.4, -0.2) is 39.8 Å². The predicted molar refractivity (Wildman–Crippen MR) is 106 cm³/mol. The van der Waals surface area contributed by atoms with Gasteiger partial charge in [0.2, 0.25) is 0 Å². The fourth-order valence-electron chi connectivity index (χ4n) is 2.62. The Hall–Kier alpha value is -2.87. The van der Waals surface area contributed by atoms with Crippen LogP contribution in [0.2, 0.25) is 0 Å². The molecular weight excluding hydrogens is 366 g/mol. The Morgan fingerprint density at radius 3 is 2.78 bits per heavy atom. The smallest absolute Gasteiger partial charge is 0.310 e. The maximum Gasteiger partial charge on any atom is 0.310 e. The zero-order valence-electron chi connectivity index (χ0n) is 14.8. The number of benzene rings is 2. The molecule has 2 aromatic rings. The number of carbonyl (C=O) groups excluding carboxylic acids is 1. The average molecular weight is 385 g/mol. The van der Waals surface area contributed by atoms with Crippen LogP contribution < -0.4 is 4.74 Å². The third-order valence-electron chi connectivity index (χ3n) is 4.03. The molecule has 140 valence electrons. The standard InChI is InChI=1S/C19H19N3O4S/c1-14-7-2-3-8-15(14)20-19-21(11-6-12-27-19)18(23)13-26-17-10-5-4-9-16(17)22(24)25/h2-5,7-10H,6,11-13H2,1H3. The van der Waals surface area contributed by atoms with E-state index >= 15 is 0 Å². The second-order valence-electron chi connectivity index (χ2n) is 5.94. The number of rotatable bonds is 5. The fourth-order valence-corrected chi connectivity index (χ4v) is 3.59. The quantitative estimate of drug-likeness (QED) is 0.575. The minimum absolute atomic E-state index is 0.0814. The molecule has 1 heterocycles. The van der Waals surface area contributed by atoms with E-state index in [1.165, 1.54) is 23.9 Å². The molecule has 0 unspecified atom stereocenters. The van der Waals surface area contributed by atoms with Gasteiger partial charge in [0.05, 0.1) is 10.6 Å². The van der Waals surface area contributed by atoms with Crippen molar-refractivity contribution in [3.8, 4) is 5.75 Å². The number of aryl methyl sites for hydroxylation is 1. The van der Waals surface area contributed by atoms with Gasteiger partial charge in [-0.3, -0.25) is 19.8 Å². The Balaban J connectivity index is 1.75. The van der Waals surface area contributed by atoms with E-state index in [4.69, 9.17) is 4.74 Å². The number of para-hydroxylation sites is 3. The van der Waals surface area contributed by atoms with Gasteiger partial charge >= 0.3 is 5.69 Å². The SMILES string of the molecule is Cc1ccccc1N=C1SCCCN1C(=O)COc1ccccc1[N+](=O)[O-]. The predicted octanol–water partition coefficient (Wildman–Crippen LogP) is 3.94. The largest absolute Gasteiger partial charge is 0.477 e. The van der Waals surface area contributed by atoms with Gasteiger partial charge in [0.25, 0.3) is 5.91 Å². The molecule has 1 amide bonds. The van der Waals surface area contributed by atoms with Crippen molar-refractivity contribution in [3.63, 3.8) is 0 Å². The van der Waals surface area contributed by atoms with Crippen LogP contribution in [-0.2, 0) is 4.79 Å². The van der Waals surface area contributed by atoms with Crippen molar-refractivity contribution in [1.82, 2.24) is 4.90 Å². The maximum absolute atomic E-state index is 12.7. The molecule has 7 nitrogen and oxygen atoms in total. The van der Waals surface area contributed by atoms with Gasteiger partial charge in [-0.2, -0.15) is 0 Å². The lowest BCUT2D eigenvalue weighted by molar-refractivity contribution is -0.385. The number of nitro groups is 1. The number of aliphatic imine (C=N–C) groups is 1. The summed E-state index contributed by atoms with van der Waals surface area (Å²) in [6, 6.07) is 13.7. The first-order valence-electron chi connectivity index (χ1n) is 8.50. The van der Waals surface area contributed by atoms with E-state index in [2.05, 4.69) is 4.99 Å². The molecular formula is C19H19N3O4S. The number of amides is 1. The third kappa shape index (κ3) is 4.65. The summed E-state index contributed by atoms with van der Waals surface area (Å²) in [7, 11) is 0. The van der Waals surface area contributed by atoms with Crippen molar-refractivity contribution in [2.75, 3.05) is 18.9 Å². The zero-order chi connectivity index (χ0) is 19.2. The fraction of sp³-hybridized carbons (Fsp3) is 0.263. The number of hydrogen-bond donors (Lipinski definition) is 0. The van der Waals surface area contributed by atoms with Crippen molar-refractivity contribution >= 4 is 34.2 Å². The highest BCUT2D eigenvalue weighted by Crippen LogP contribution is 2.27. The molecule has 0 saturated carbocycles. The van der Waals surface area contributed by atoms with Crippen LogP contribution in [0.3, 0.4) is 0 Å². The van der Waals surface area contributed by atoms with Crippen LogP contribution in [0.1, 0.15) is 12.0 Å². The molecule has 0 aromatic heterocycles. The van der Waals surface area contributed by atoms with Crippen LogP contribution in [0.25, 0.3) is 0 Å². The van der Waals surface area contributed by atoms with Gasteiger partial charge in [0, 0.05) is 18.4 Å². The van der Waals surface area contributed by atoms with Gasteiger partial charge in [-0.1, -0.05) is 42.1 Å². The van der Waals surface area contributed by atoms with Gasteiger partial charge in [-0.25, -0.2) is 4.99 Å². The first kappa shape index (κ1) is 18.9. The molecule has 1 aliphatic rings. The summed E-state index contributed by atoms with van der Waals surface area (Å²) in [6.07, 6.45) is 0.856. The second kappa shape index (κ2) is 8.68. The van der Waals surface area contributed by atoms with Gasteiger partial charge in [-0.15, -0.1) is 0 Å². The minimum atomic E-state index is -0.526. The summed E-state index contributed by atoms with van der Waals surface area (Å²) >= 11 is 1.52. The lowest BCUT2D eigenvalue weighted by atomic mass is 10.2. The molecule has 0 atom stereocenters. The number of amidine groups is 1. The van der Waals surface area contributed by atoms with Crippen molar-refractivity contribution in [1.29, 1.82) is 0 Å². The highest BCUT2D eigenvalue weighted by Gasteiger charge is 2.25. The van der Waals surface area contributed by atoms with E-state index < -0.39 is 4.92 Å². The van der Waals surface area contributed by atoms with Crippen LogP contribution in [0, 0.1) is 17.0 Å². The van der Waals surface area contributed by atoms with Crippen LogP contribution in [0.4, 0.5) is 11.4 Å². The van der Waals surface area contributed by atoms with E-state index in [-0.39, 0.29) is 24.0 Å². The molecule has 1 fully saturated rings. The number of thioether (sulfide) groups is 1. The normalized spacial score (nSPS) is 15.6. The van der Waals surface area contributed by atoms with Crippen molar-refractivity contribution in [2.45, 2.75) is 13.3 Å². The van der Waals surface area contributed by atoms with E-state index in [0.717, 1.165) is 23.4 Å². The highest BCUT2D eigenvalue weighted by atomic mass is 32.2.